The van der Waals surface area contributed by atoms with Crippen LogP contribution in [0.15, 0.2) is 18.2 Å². The van der Waals surface area contributed by atoms with E-state index in [1.807, 2.05) is 0 Å². The fraction of sp³-hybridized carbons (Fsp3) is 0.600. The number of fused-ring (bicyclic) bond motifs is 1. The summed E-state index contributed by atoms with van der Waals surface area (Å²) < 4.78 is 5.39. The van der Waals surface area contributed by atoms with Crippen molar-refractivity contribution in [3.8, 4) is 0 Å². The number of anilines is 1. The Bertz CT molecular complexity index is 413. The molecular weight excluding hydrogens is 224 g/mol. The van der Waals surface area contributed by atoms with Crippen molar-refractivity contribution in [3.05, 3.63) is 29.3 Å². The van der Waals surface area contributed by atoms with Crippen molar-refractivity contribution in [1.82, 2.24) is 5.32 Å². The van der Waals surface area contributed by atoms with Gasteiger partial charge in [0.05, 0.1) is 0 Å². The quantitative estimate of drug-likeness (QED) is 0.882. The highest BCUT2D eigenvalue weighted by Crippen LogP contribution is 2.29. The smallest absolute Gasteiger partial charge is 0.0480 e. The Morgan fingerprint density at radius 1 is 1.33 bits per heavy atom. The molecule has 0 saturated carbocycles. The van der Waals surface area contributed by atoms with E-state index in [4.69, 9.17) is 4.74 Å². The van der Waals surface area contributed by atoms with Crippen LogP contribution in [-0.2, 0) is 17.7 Å². The number of benzene rings is 1. The van der Waals surface area contributed by atoms with Gasteiger partial charge in [0.1, 0.15) is 0 Å². The molecule has 0 amide bonds. The van der Waals surface area contributed by atoms with E-state index < -0.39 is 0 Å². The van der Waals surface area contributed by atoms with Crippen LogP contribution < -0.4 is 10.2 Å². The van der Waals surface area contributed by atoms with Crippen LogP contribution >= 0.6 is 0 Å². The summed E-state index contributed by atoms with van der Waals surface area (Å²) in [6, 6.07) is 7.32. The molecule has 1 saturated heterocycles. The van der Waals surface area contributed by atoms with Crippen molar-refractivity contribution < 1.29 is 4.74 Å². The number of rotatable bonds is 3. The molecule has 0 unspecified atom stereocenters. The van der Waals surface area contributed by atoms with Gasteiger partial charge in [0.15, 0.2) is 0 Å². The van der Waals surface area contributed by atoms with E-state index in [1.165, 1.54) is 17.7 Å². The highest BCUT2D eigenvalue weighted by molar-refractivity contribution is 5.60. The molecular formula is C15H22N2O. The highest BCUT2D eigenvalue weighted by Gasteiger charge is 2.19. The van der Waals surface area contributed by atoms with E-state index in [2.05, 4.69) is 35.5 Å². The molecule has 2 aliphatic rings. The number of hydrogen-bond donors (Lipinski definition) is 1. The Hall–Kier alpha value is -1.06. The molecule has 18 heavy (non-hydrogen) atoms. The molecule has 0 bridgehead atoms. The van der Waals surface area contributed by atoms with Gasteiger partial charge in [-0.3, -0.25) is 0 Å². The lowest BCUT2D eigenvalue weighted by molar-refractivity contribution is 0.0776. The maximum atomic E-state index is 5.39. The lowest BCUT2D eigenvalue weighted by Crippen LogP contribution is -2.34. The van der Waals surface area contributed by atoms with Crippen molar-refractivity contribution in [1.29, 1.82) is 0 Å². The number of nitrogens with zero attached hydrogens (tertiary/aromatic N) is 1. The van der Waals surface area contributed by atoms with Gasteiger partial charge in [0.2, 0.25) is 0 Å². The second-order valence-corrected chi connectivity index (χ2v) is 5.35. The molecule has 0 radical (unpaired) electrons. The van der Waals surface area contributed by atoms with E-state index in [1.54, 1.807) is 5.56 Å². The van der Waals surface area contributed by atoms with Crippen molar-refractivity contribution >= 4 is 5.69 Å². The van der Waals surface area contributed by atoms with Crippen LogP contribution in [0.4, 0.5) is 5.69 Å². The second kappa shape index (κ2) is 5.29. The molecule has 98 valence electrons. The summed E-state index contributed by atoms with van der Waals surface area (Å²) in [7, 11) is 2.18. The Kier molecular flexibility index (Phi) is 3.52. The van der Waals surface area contributed by atoms with Crippen LogP contribution in [0.2, 0.25) is 0 Å². The van der Waals surface area contributed by atoms with Crippen LogP contribution in [0.1, 0.15) is 24.0 Å². The first-order valence-corrected chi connectivity index (χ1v) is 6.97. The average Bonchev–Trinajstić information content (AvgIpc) is 2.80. The van der Waals surface area contributed by atoms with Crippen LogP contribution in [0.3, 0.4) is 0 Å². The molecule has 2 heterocycles. The van der Waals surface area contributed by atoms with Crippen LogP contribution in [0.25, 0.3) is 0 Å². The Morgan fingerprint density at radius 3 is 3.00 bits per heavy atom. The molecule has 1 fully saturated rings. The van der Waals surface area contributed by atoms with E-state index >= 15 is 0 Å². The first kappa shape index (κ1) is 12.0. The van der Waals surface area contributed by atoms with Gasteiger partial charge >= 0.3 is 0 Å². The van der Waals surface area contributed by atoms with Gasteiger partial charge in [0.25, 0.3) is 0 Å². The molecule has 0 atom stereocenters. The van der Waals surface area contributed by atoms with E-state index in [9.17, 15) is 0 Å². The number of hydrogen-bond acceptors (Lipinski definition) is 3. The standard InChI is InChI=1S/C15H22N2O/c1-17-8-5-14-12(3-2-4-15(14)17)11-16-13-6-9-18-10-7-13/h2-4,13,16H,5-11H2,1H3. The predicted octanol–water partition coefficient (Wildman–Crippen LogP) is 1.95. The van der Waals surface area contributed by atoms with Gasteiger partial charge in [-0.2, -0.15) is 0 Å². The highest BCUT2D eigenvalue weighted by atomic mass is 16.5. The average molecular weight is 246 g/mol. The minimum absolute atomic E-state index is 0.633. The summed E-state index contributed by atoms with van der Waals surface area (Å²) in [5, 5.41) is 3.68. The van der Waals surface area contributed by atoms with Crippen LogP contribution in [0, 0.1) is 0 Å². The molecule has 0 aliphatic carbocycles. The minimum Gasteiger partial charge on any atom is -0.381 e. The van der Waals surface area contributed by atoms with Gasteiger partial charge in [-0.1, -0.05) is 12.1 Å². The van der Waals surface area contributed by atoms with Crippen LogP contribution in [0.5, 0.6) is 0 Å². The minimum atomic E-state index is 0.633. The lowest BCUT2D eigenvalue weighted by Gasteiger charge is -2.23. The zero-order valence-electron chi connectivity index (χ0n) is 11.1. The molecule has 0 spiro atoms. The molecule has 1 aromatic rings. The maximum absolute atomic E-state index is 5.39. The van der Waals surface area contributed by atoms with Crippen molar-refractivity contribution in [2.24, 2.45) is 0 Å². The lowest BCUT2D eigenvalue weighted by atomic mass is 10.0. The molecule has 1 aromatic carbocycles. The van der Waals surface area contributed by atoms with E-state index in [0.717, 1.165) is 39.1 Å². The topological polar surface area (TPSA) is 24.5 Å². The third-order valence-electron chi connectivity index (χ3n) is 4.16. The molecule has 1 N–H and O–H groups in total. The molecule has 3 rings (SSSR count). The number of ether oxygens (including phenoxy) is 1. The predicted molar refractivity (Wildman–Crippen MR) is 74.1 cm³/mol. The number of nitrogens with one attached hydrogen (secondary N) is 1. The molecule has 2 aliphatic heterocycles. The molecule has 3 heteroatoms. The van der Waals surface area contributed by atoms with Gasteiger partial charge in [-0.25, -0.2) is 0 Å². The summed E-state index contributed by atoms with van der Waals surface area (Å²) in [6.45, 7) is 3.98. The summed E-state index contributed by atoms with van der Waals surface area (Å²) >= 11 is 0. The Morgan fingerprint density at radius 2 is 2.17 bits per heavy atom. The maximum Gasteiger partial charge on any atom is 0.0480 e. The van der Waals surface area contributed by atoms with Gasteiger partial charge in [0, 0.05) is 45.1 Å². The van der Waals surface area contributed by atoms with Crippen molar-refractivity contribution in [3.63, 3.8) is 0 Å². The van der Waals surface area contributed by atoms with Gasteiger partial charge in [-0.05, 0) is 36.5 Å². The largest absolute Gasteiger partial charge is 0.381 e. The molecule has 0 aromatic heterocycles. The van der Waals surface area contributed by atoms with E-state index in [-0.39, 0.29) is 0 Å². The summed E-state index contributed by atoms with van der Waals surface area (Å²) in [4.78, 5) is 2.35. The van der Waals surface area contributed by atoms with E-state index in [0.29, 0.717) is 6.04 Å². The fourth-order valence-electron chi connectivity index (χ4n) is 2.99. The summed E-state index contributed by atoms with van der Waals surface area (Å²) in [6.07, 6.45) is 3.49. The van der Waals surface area contributed by atoms with Crippen LogP contribution in [-0.4, -0.2) is 32.8 Å². The van der Waals surface area contributed by atoms with Crippen molar-refractivity contribution in [2.45, 2.75) is 31.8 Å². The monoisotopic (exact) mass is 246 g/mol. The zero-order chi connectivity index (χ0) is 12.4. The fourth-order valence-corrected chi connectivity index (χ4v) is 2.99. The zero-order valence-corrected chi connectivity index (χ0v) is 11.1. The van der Waals surface area contributed by atoms with Gasteiger partial charge < -0.3 is 15.0 Å². The summed E-state index contributed by atoms with van der Waals surface area (Å²) in [5.74, 6) is 0. The first-order chi connectivity index (χ1) is 8.84. The van der Waals surface area contributed by atoms with Gasteiger partial charge in [-0.15, -0.1) is 0 Å². The first-order valence-electron chi connectivity index (χ1n) is 6.97. The summed E-state index contributed by atoms with van der Waals surface area (Å²) in [5.41, 5.74) is 4.43. The Labute approximate surface area is 109 Å². The SMILES string of the molecule is CN1CCc2c(CNC3CCOCC3)cccc21. The van der Waals surface area contributed by atoms with Crippen molar-refractivity contribution in [2.75, 3.05) is 31.7 Å². The number of likely N-dealkylation sites (N-methyl/N-ethyl adjacent to an activating group) is 1. The molecule has 3 nitrogen and oxygen atoms in total. The third kappa shape index (κ3) is 2.38. The normalized spacial score (nSPS) is 20.2. The Balaban J connectivity index is 1.66. The second-order valence-electron chi connectivity index (χ2n) is 5.35. The third-order valence-corrected chi connectivity index (χ3v) is 4.16.